The number of amides is 1. The molecule has 1 N–H and O–H groups in total. The number of carbonyl (C=O) groups excluding carboxylic acids is 1. The maximum atomic E-state index is 13.5. The zero-order valence-corrected chi connectivity index (χ0v) is 13.5. The predicted octanol–water partition coefficient (Wildman–Crippen LogP) is 2.99. The van der Waals surface area contributed by atoms with Crippen LogP contribution in [0.5, 0.6) is 5.75 Å². The number of nitrogens with zero attached hydrogens (tertiary/aromatic N) is 3. The van der Waals surface area contributed by atoms with Crippen molar-refractivity contribution in [2.75, 3.05) is 5.32 Å². The molecule has 2 heterocycles. The van der Waals surface area contributed by atoms with Gasteiger partial charge in [-0.2, -0.15) is 10.4 Å². The molecule has 0 saturated heterocycles. The average molecular weight is 358 g/mol. The van der Waals surface area contributed by atoms with Crippen LogP contribution in [0.1, 0.15) is 21.9 Å². The fourth-order valence-corrected chi connectivity index (χ4v) is 2.16. The Morgan fingerprint density at radius 2 is 2.19 bits per heavy atom. The van der Waals surface area contributed by atoms with E-state index in [0.717, 1.165) is 12.1 Å². The minimum absolute atomic E-state index is 0.0201. The summed E-state index contributed by atoms with van der Waals surface area (Å²) in [5, 5.41) is 15.4. The Bertz CT molecular complexity index is 1000. The molecule has 0 aliphatic carbocycles. The third kappa shape index (κ3) is 3.54. The second-order valence-corrected chi connectivity index (χ2v) is 5.23. The van der Waals surface area contributed by atoms with Gasteiger partial charge >= 0.3 is 0 Å². The molecule has 0 aliphatic heterocycles. The van der Waals surface area contributed by atoms with Gasteiger partial charge in [-0.3, -0.25) is 9.48 Å². The van der Waals surface area contributed by atoms with Crippen LogP contribution in [0.2, 0.25) is 0 Å². The van der Waals surface area contributed by atoms with Crippen molar-refractivity contribution in [1.82, 2.24) is 9.78 Å². The second kappa shape index (κ2) is 7.06. The summed E-state index contributed by atoms with van der Waals surface area (Å²) in [6.07, 6.45) is 1.33. The zero-order valence-electron chi connectivity index (χ0n) is 13.5. The molecule has 1 amide bonds. The molecule has 0 atom stereocenters. The molecule has 0 bridgehead atoms. The molecule has 3 rings (SSSR count). The lowest BCUT2D eigenvalue weighted by atomic mass is 10.3. The quantitative estimate of drug-likeness (QED) is 0.757. The molecule has 0 fully saturated rings. The standard InChI is InChI=1S/C17H12F2N4O3/c1-23-16(10(7-20)8-21-23)22-17(24)15-5-3-12(26-15)9-25-14-4-2-11(18)6-13(14)19/h2-6,8H,9H2,1H3,(H,22,24). The van der Waals surface area contributed by atoms with Crippen molar-refractivity contribution in [3.05, 3.63) is 65.2 Å². The SMILES string of the molecule is Cn1ncc(C#N)c1NC(=O)c1ccc(COc2ccc(F)cc2F)o1. The van der Waals surface area contributed by atoms with Crippen LogP contribution in [0.25, 0.3) is 0 Å². The highest BCUT2D eigenvalue weighted by molar-refractivity contribution is 6.02. The van der Waals surface area contributed by atoms with E-state index in [-0.39, 0.29) is 35.3 Å². The Morgan fingerprint density at radius 3 is 2.92 bits per heavy atom. The van der Waals surface area contributed by atoms with Crippen molar-refractivity contribution >= 4 is 11.7 Å². The maximum absolute atomic E-state index is 13.5. The first kappa shape index (κ1) is 17.2. The van der Waals surface area contributed by atoms with Gasteiger partial charge in [0.25, 0.3) is 5.91 Å². The number of anilines is 1. The molecule has 7 nitrogen and oxygen atoms in total. The molecule has 0 radical (unpaired) electrons. The van der Waals surface area contributed by atoms with Crippen LogP contribution < -0.4 is 10.1 Å². The molecular formula is C17H12F2N4O3. The number of carbonyl (C=O) groups is 1. The molecule has 3 aromatic rings. The molecule has 0 aliphatic rings. The third-order valence-electron chi connectivity index (χ3n) is 3.44. The number of aromatic nitrogens is 2. The summed E-state index contributed by atoms with van der Waals surface area (Å²) in [4.78, 5) is 12.2. The molecule has 26 heavy (non-hydrogen) atoms. The summed E-state index contributed by atoms with van der Waals surface area (Å²) in [6, 6.07) is 7.75. The Kier molecular flexibility index (Phi) is 4.66. The first-order valence-corrected chi connectivity index (χ1v) is 7.38. The van der Waals surface area contributed by atoms with Gasteiger partial charge in [0.1, 0.15) is 35.6 Å². The maximum Gasteiger partial charge on any atom is 0.292 e. The predicted molar refractivity (Wildman–Crippen MR) is 85.3 cm³/mol. The molecular weight excluding hydrogens is 346 g/mol. The number of ether oxygens (including phenoxy) is 1. The summed E-state index contributed by atoms with van der Waals surface area (Å²) >= 11 is 0. The van der Waals surface area contributed by atoms with E-state index >= 15 is 0 Å². The van der Waals surface area contributed by atoms with Crippen molar-refractivity contribution < 1.29 is 22.7 Å². The summed E-state index contributed by atoms with van der Waals surface area (Å²) in [5.74, 6) is -1.78. The van der Waals surface area contributed by atoms with Crippen LogP contribution in [-0.2, 0) is 13.7 Å². The summed E-state index contributed by atoms with van der Waals surface area (Å²) in [6.45, 7) is -0.148. The lowest BCUT2D eigenvalue weighted by Gasteiger charge is -2.06. The van der Waals surface area contributed by atoms with E-state index in [0.29, 0.717) is 6.07 Å². The van der Waals surface area contributed by atoms with Gasteiger partial charge in [0, 0.05) is 13.1 Å². The van der Waals surface area contributed by atoms with Crippen LogP contribution >= 0.6 is 0 Å². The fourth-order valence-electron chi connectivity index (χ4n) is 2.16. The van der Waals surface area contributed by atoms with Gasteiger partial charge in [0.05, 0.1) is 6.20 Å². The number of furan rings is 1. The Labute approximate surface area is 146 Å². The monoisotopic (exact) mass is 358 g/mol. The van der Waals surface area contributed by atoms with Gasteiger partial charge in [-0.1, -0.05) is 0 Å². The van der Waals surface area contributed by atoms with Crippen LogP contribution in [0.3, 0.4) is 0 Å². The highest BCUT2D eigenvalue weighted by Gasteiger charge is 2.16. The number of nitrogens with one attached hydrogen (secondary N) is 1. The molecule has 0 spiro atoms. The molecule has 2 aromatic heterocycles. The second-order valence-electron chi connectivity index (χ2n) is 5.23. The number of hydrogen-bond donors (Lipinski definition) is 1. The fraction of sp³-hybridized carbons (Fsp3) is 0.118. The largest absolute Gasteiger partial charge is 0.483 e. The Morgan fingerprint density at radius 1 is 1.38 bits per heavy atom. The van der Waals surface area contributed by atoms with E-state index in [1.165, 1.54) is 23.0 Å². The smallest absolute Gasteiger partial charge is 0.292 e. The third-order valence-corrected chi connectivity index (χ3v) is 3.44. The number of halogens is 2. The first-order valence-electron chi connectivity index (χ1n) is 7.38. The summed E-state index contributed by atoms with van der Waals surface area (Å²) in [5.41, 5.74) is 0.211. The zero-order chi connectivity index (χ0) is 18.7. The van der Waals surface area contributed by atoms with E-state index in [2.05, 4.69) is 10.4 Å². The van der Waals surface area contributed by atoms with Gasteiger partial charge in [0.15, 0.2) is 17.3 Å². The molecule has 9 heteroatoms. The highest BCUT2D eigenvalue weighted by atomic mass is 19.1. The molecule has 0 unspecified atom stereocenters. The van der Waals surface area contributed by atoms with Crippen molar-refractivity contribution in [1.29, 1.82) is 5.26 Å². The number of hydrogen-bond acceptors (Lipinski definition) is 5. The topological polar surface area (TPSA) is 93.1 Å². The minimum atomic E-state index is -0.838. The van der Waals surface area contributed by atoms with Crippen LogP contribution in [0, 0.1) is 23.0 Å². The average Bonchev–Trinajstić information content (AvgIpc) is 3.22. The van der Waals surface area contributed by atoms with Crippen LogP contribution in [-0.4, -0.2) is 15.7 Å². The Hall–Kier alpha value is -3.67. The molecule has 132 valence electrons. The number of benzene rings is 1. The lowest BCUT2D eigenvalue weighted by molar-refractivity contribution is 0.0991. The van der Waals surface area contributed by atoms with E-state index in [4.69, 9.17) is 14.4 Å². The summed E-state index contributed by atoms with van der Waals surface area (Å²) < 4.78 is 38.3. The van der Waals surface area contributed by atoms with Crippen molar-refractivity contribution in [3.8, 4) is 11.8 Å². The van der Waals surface area contributed by atoms with E-state index in [9.17, 15) is 13.6 Å². The lowest BCUT2D eigenvalue weighted by Crippen LogP contribution is -2.14. The van der Waals surface area contributed by atoms with Crippen molar-refractivity contribution in [2.45, 2.75) is 6.61 Å². The van der Waals surface area contributed by atoms with Crippen LogP contribution in [0.4, 0.5) is 14.6 Å². The molecule has 1 aromatic carbocycles. The van der Waals surface area contributed by atoms with Gasteiger partial charge in [-0.15, -0.1) is 0 Å². The van der Waals surface area contributed by atoms with Crippen molar-refractivity contribution in [3.63, 3.8) is 0 Å². The molecule has 0 saturated carbocycles. The van der Waals surface area contributed by atoms with Crippen LogP contribution in [0.15, 0.2) is 40.9 Å². The van der Waals surface area contributed by atoms with E-state index in [1.54, 1.807) is 7.05 Å². The van der Waals surface area contributed by atoms with Gasteiger partial charge in [0.2, 0.25) is 0 Å². The number of nitriles is 1. The van der Waals surface area contributed by atoms with Gasteiger partial charge < -0.3 is 14.5 Å². The van der Waals surface area contributed by atoms with E-state index < -0.39 is 17.5 Å². The number of aryl methyl sites for hydroxylation is 1. The highest BCUT2D eigenvalue weighted by Crippen LogP contribution is 2.20. The number of rotatable bonds is 5. The Balaban J connectivity index is 1.66. The normalized spacial score (nSPS) is 10.4. The minimum Gasteiger partial charge on any atom is -0.483 e. The van der Waals surface area contributed by atoms with Crippen molar-refractivity contribution in [2.24, 2.45) is 7.05 Å². The van der Waals surface area contributed by atoms with Gasteiger partial charge in [-0.05, 0) is 24.3 Å². The summed E-state index contributed by atoms with van der Waals surface area (Å²) in [7, 11) is 1.58. The first-order chi connectivity index (χ1) is 12.5. The van der Waals surface area contributed by atoms with Gasteiger partial charge in [-0.25, -0.2) is 8.78 Å². The van der Waals surface area contributed by atoms with E-state index in [1.807, 2.05) is 6.07 Å².